The van der Waals surface area contributed by atoms with Crippen LogP contribution in [0.15, 0.2) is 29.2 Å². The zero-order valence-corrected chi connectivity index (χ0v) is 11.7. The lowest BCUT2D eigenvalue weighted by Crippen LogP contribution is -2.41. The Bertz CT molecular complexity index is 668. The molecule has 0 aliphatic heterocycles. The molecule has 8 nitrogen and oxygen atoms in total. The monoisotopic (exact) mass is 314 g/mol. The van der Waals surface area contributed by atoms with Crippen molar-refractivity contribution in [1.82, 2.24) is 4.72 Å². The van der Waals surface area contributed by atoms with E-state index in [0.717, 1.165) is 25.0 Å². The molecule has 0 radical (unpaired) electrons. The third-order valence-corrected chi connectivity index (χ3v) is 4.73. The Hall–Kier alpha value is -2.00. The van der Waals surface area contributed by atoms with Crippen LogP contribution >= 0.6 is 0 Å². The second-order valence-electron chi connectivity index (χ2n) is 4.92. The van der Waals surface area contributed by atoms with Crippen LogP contribution in [0.2, 0.25) is 0 Å². The van der Waals surface area contributed by atoms with Gasteiger partial charge in [0.25, 0.3) is 5.69 Å². The van der Waals surface area contributed by atoms with Crippen molar-refractivity contribution >= 4 is 21.7 Å². The summed E-state index contributed by atoms with van der Waals surface area (Å²) in [7, 11) is -4.27. The smallest absolute Gasteiger partial charge is 0.321 e. The Morgan fingerprint density at radius 3 is 2.57 bits per heavy atom. The SMILES string of the molecule is O=C(O)[C@@H](CC1CC1)NS(=O)(=O)c1ccccc1[N+](=O)[O-]. The molecule has 114 valence electrons. The number of rotatable bonds is 7. The molecule has 1 aromatic carbocycles. The minimum Gasteiger partial charge on any atom is -0.480 e. The number of para-hydroxylation sites is 1. The van der Waals surface area contributed by atoms with Crippen molar-refractivity contribution in [1.29, 1.82) is 0 Å². The highest BCUT2D eigenvalue weighted by Crippen LogP contribution is 2.34. The summed E-state index contributed by atoms with van der Waals surface area (Å²) < 4.78 is 26.4. The van der Waals surface area contributed by atoms with E-state index >= 15 is 0 Å². The van der Waals surface area contributed by atoms with Crippen LogP contribution in [0, 0.1) is 16.0 Å². The van der Waals surface area contributed by atoms with Crippen molar-refractivity contribution < 1.29 is 23.2 Å². The molecule has 0 aromatic heterocycles. The number of nitrogens with zero attached hydrogens (tertiary/aromatic N) is 1. The number of carboxylic acid groups (broad SMARTS) is 1. The molecule has 1 aromatic rings. The van der Waals surface area contributed by atoms with Crippen LogP contribution < -0.4 is 4.72 Å². The highest BCUT2D eigenvalue weighted by molar-refractivity contribution is 7.89. The number of carboxylic acids is 1. The van der Waals surface area contributed by atoms with Crippen molar-refractivity contribution in [2.75, 3.05) is 0 Å². The van der Waals surface area contributed by atoms with Crippen molar-refractivity contribution in [2.24, 2.45) is 5.92 Å². The number of nitro groups is 1. The molecule has 0 heterocycles. The zero-order valence-electron chi connectivity index (χ0n) is 10.9. The largest absolute Gasteiger partial charge is 0.480 e. The second-order valence-corrected chi connectivity index (χ2v) is 6.60. The Kier molecular flexibility index (Phi) is 4.24. The molecule has 2 rings (SSSR count). The summed E-state index contributed by atoms with van der Waals surface area (Å²) in [6, 6.07) is 3.55. The average Bonchev–Trinajstić information content (AvgIpc) is 3.21. The first kappa shape index (κ1) is 15.4. The third kappa shape index (κ3) is 3.76. The summed E-state index contributed by atoms with van der Waals surface area (Å²) in [4.78, 5) is 20.7. The van der Waals surface area contributed by atoms with Crippen LogP contribution in [0.5, 0.6) is 0 Å². The van der Waals surface area contributed by atoms with E-state index < -0.39 is 37.5 Å². The molecule has 2 N–H and O–H groups in total. The van der Waals surface area contributed by atoms with Crippen molar-refractivity contribution in [2.45, 2.75) is 30.2 Å². The predicted molar refractivity (Wildman–Crippen MR) is 72.2 cm³/mol. The Balaban J connectivity index is 2.28. The van der Waals surface area contributed by atoms with E-state index in [-0.39, 0.29) is 12.3 Å². The maximum absolute atomic E-state index is 12.2. The van der Waals surface area contributed by atoms with E-state index in [1.54, 1.807) is 0 Å². The molecule has 1 aliphatic rings. The van der Waals surface area contributed by atoms with Gasteiger partial charge in [-0.25, -0.2) is 8.42 Å². The van der Waals surface area contributed by atoms with Gasteiger partial charge in [0.1, 0.15) is 6.04 Å². The summed E-state index contributed by atoms with van der Waals surface area (Å²) in [6.45, 7) is 0. The normalized spacial score (nSPS) is 16.4. The van der Waals surface area contributed by atoms with E-state index in [1.165, 1.54) is 12.1 Å². The van der Waals surface area contributed by atoms with Gasteiger partial charge in [-0.15, -0.1) is 0 Å². The van der Waals surface area contributed by atoms with Crippen LogP contribution in [0.4, 0.5) is 5.69 Å². The predicted octanol–water partition coefficient (Wildman–Crippen LogP) is 1.13. The topological polar surface area (TPSA) is 127 Å². The highest BCUT2D eigenvalue weighted by atomic mass is 32.2. The van der Waals surface area contributed by atoms with Gasteiger partial charge in [-0.05, 0) is 18.4 Å². The lowest BCUT2D eigenvalue weighted by atomic mass is 10.1. The minimum atomic E-state index is -4.27. The van der Waals surface area contributed by atoms with Crippen LogP contribution in [0.25, 0.3) is 0 Å². The maximum atomic E-state index is 12.2. The Morgan fingerprint density at radius 2 is 2.05 bits per heavy atom. The van der Waals surface area contributed by atoms with Gasteiger partial charge in [0.2, 0.25) is 10.0 Å². The van der Waals surface area contributed by atoms with Gasteiger partial charge < -0.3 is 5.11 Å². The molecule has 1 fully saturated rings. The quantitative estimate of drug-likeness (QED) is 0.573. The number of carbonyl (C=O) groups is 1. The first-order chi connectivity index (χ1) is 9.81. The summed E-state index contributed by atoms with van der Waals surface area (Å²) in [5.74, 6) is -1.09. The van der Waals surface area contributed by atoms with Gasteiger partial charge in [-0.3, -0.25) is 14.9 Å². The number of benzene rings is 1. The van der Waals surface area contributed by atoms with Crippen LogP contribution in [-0.2, 0) is 14.8 Å². The molecule has 21 heavy (non-hydrogen) atoms. The maximum Gasteiger partial charge on any atom is 0.321 e. The van der Waals surface area contributed by atoms with E-state index in [1.807, 2.05) is 4.72 Å². The molecule has 0 spiro atoms. The van der Waals surface area contributed by atoms with Gasteiger partial charge in [0, 0.05) is 6.07 Å². The van der Waals surface area contributed by atoms with E-state index in [0.29, 0.717) is 0 Å². The van der Waals surface area contributed by atoms with Crippen LogP contribution in [-0.4, -0.2) is 30.5 Å². The van der Waals surface area contributed by atoms with E-state index in [2.05, 4.69) is 0 Å². The fraction of sp³-hybridized carbons (Fsp3) is 0.417. The molecule has 0 unspecified atom stereocenters. The highest BCUT2D eigenvalue weighted by Gasteiger charge is 2.34. The van der Waals surface area contributed by atoms with Crippen molar-refractivity contribution in [3.8, 4) is 0 Å². The minimum absolute atomic E-state index is 0.190. The second kappa shape index (κ2) is 5.78. The number of hydrogen-bond acceptors (Lipinski definition) is 5. The van der Waals surface area contributed by atoms with Gasteiger partial charge in [-0.2, -0.15) is 4.72 Å². The summed E-state index contributed by atoms with van der Waals surface area (Å²) in [5, 5.41) is 20.0. The number of hydrogen-bond donors (Lipinski definition) is 2. The first-order valence-electron chi connectivity index (χ1n) is 6.30. The summed E-state index contributed by atoms with van der Waals surface area (Å²) >= 11 is 0. The number of aliphatic carboxylic acids is 1. The fourth-order valence-electron chi connectivity index (χ4n) is 1.97. The summed E-state index contributed by atoms with van der Waals surface area (Å²) in [5.41, 5.74) is -0.583. The number of sulfonamides is 1. The molecular weight excluding hydrogens is 300 g/mol. The zero-order chi connectivity index (χ0) is 15.6. The third-order valence-electron chi connectivity index (χ3n) is 3.21. The number of nitro benzene ring substituents is 1. The molecule has 1 saturated carbocycles. The lowest BCUT2D eigenvalue weighted by Gasteiger charge is -2.14. The molecule has 0 amide bonds. The van der Waals surface area contributed by atoms with Gasteiger partial charge in [-0.1, -0.05) is 25.0 Å². The van der Waals surface area contributed by atoms with Crippen molar-refractivity contribution in [3.05, 3.63) is 34.4 Å². The Labute approximate surface area is 121 Å². The van der Waals surface area contributed by atoms with Gasteiger partial charge in [0.05, 0.1) is 4.92 Å². The molecule has 1 aliphatic carbocycles. The molecule has 0 saturated heterocycles. The number of nitrogens with one attached hydrogen (secondary N) is 1. The van der Waals surface area contributed by atoms with E-state index in [9.17, 15) is 23.3 Å². The molecule has 0 bridgehead atoms. The molecule has 9 heteroatoms. The van der Waals surface area contributed by atoms with Crippen molar-refractivity contribution in [3.63, 3.8) is 0 Å². The van der Waals surface area contributed by atoms with Gasteiger partial charge >= 0.3 is 5.97 Å². The van der Waals surface area contributed by atoms with E-state index in [4.69, 9.17) is 5.11 Å². The lowest BCUT2D eigenvalue weighted by molar-refractivity contribution is -0.387. The first-order valence-corrected chi connectivity index (χ1v) is 7.78. The van der Waals surface area contributed by atoms with Gasteiger partial charge in [0.15, 0.2) is 4.90 Å². The standard InChI is InChI=1S/C12H14N2O6S/c15-12(16)9(7-8-5-6-8)13-21(19,20)11-4-2-1-3-10(11)14(17)18/h1-4,8-9,13H,5-7H2,(H,15,16)/t9-/m1/s1. The Morgan fingerprint density at radius 1 is 1.43 bits per heavy atom. The summed E-state index contributed by atoms with van der Waals surface area (Å²) in [6.07, 6.45) is 1.93. The fourth-order valence-corrected chi connectivity index (χ4v) is 3.35. The van der Waals surface area contributed by atoms with Crippen LogP contribution in [0.1, 0.15) is 19.3 Å². The van der Waals surface area contributed by atoms with Crippen LogP contribution in [0.3, 0.4) is 0 Å². The average molecular weight is 314 g/mol. The molecular formula is C12H14N2O6S. The molecule has 1 atom stereocenters.